The fourth-order valence-corrected chi connectivity index (χ4v) is 4.88. The second-order valence-electron chi connectivity index (χ2n) is 5.94. The van der Waals surface area contributed by atoms with Crippen molar-refractivity contribution in [1.82, 2.24) is 9.29 Å². The number of thiazole rings is 1. The lowest BCUT2D eigenvalue weighted by Crippen LogP contribution is -2.30. The van der Waals surface area contributed by atoms with E-state index in [-0.39, 0.29) is 4.90 Å². The van der Waals surface area contributed by atoms with Crippen molar-refractivity contribution in [2.75, 3.05) is 30.3 Å². The van der Waals surface area contributed by atoms with Crippen LogP contribution in [-0.4, -0.2) is 37.3 Å². The van der Waals surface area contributed by atoms with Crippen LogP contribution >= 0.6 is 11.3 Å². The van der Waals surface area contributed by atoms with Gasteiger partial charge in [0.2, 0.25) is 10.0 Å². The maximum absolute atomic E-state index is 12.8. The Bertz CT molecular complexity index is 986. The van der Waals surface area contributed by atoms with Crippen LogP contribution in [0.25, 0.3) is 5.57 Å². The molecule has 0 amide bonds. The minimum atomic E-state index is -3.58. The summed E-state index contributed by atoms with van der Waals surface area (Å²) >= 11 is 1.39. The van der Waals surface area contributed by atoms with Crippen molar-refractivity contribution in [2.24, 2.45) is 0 Å². The van der Waals surface area contributed by atoms with Gasteiger partial charge in [-0.3, -0.25) is 0 Å². The molecule has 0 saturated carbocycles. The third-order valence-corrected chi connectivity index (χ3v) is 7.08. The van der Waals surface area contributed by atoms with Crippen molar-refractivity contribution < 1.29 is 8.42 Å². The lowest BCUT2D eigenvalue weighted by molar-refractivity contribution is 0.445. The van der Waals surface area contributed by atoms with E-state index in [0.717, 1.165) is 11.4 Å². The number of aromatic nitrogens is 1. The molecule has 0 spiro atoms. The van der Waals surface area contributed by atoms with Gasteiger partial charge in [0.05, 0.1) is 16.3 Å². The molecule has 0 atom stereocenters. The van der Waals surface area contributed by atoms with Gasteiger partial charge < -0.3 is 10.6 Å². The molecule has 1 heterocycles. The molecular weight excluding hydrogens is 394 g/mol. The van der Waals surface area contributed by atoms with Crippen LogP contribution in [0.5, 0.6) is 0 Å². The Morgan fingerprint density at radius 3 is 2.54 bits per heavy atom. The Kier molecular flexibility index (Phi) is 7.57. The summed E-state index contributed by atoms with van der Waals surface area (Å²) < 4.78 is 27.1. The number of anilines is 2. The van der Waals surface area contributed by atoms with Crippen molar-refractivity contribution >= 4 is 38.3 Å². The molecular formula is C19H25N5O2S2. The highest BCUT2D eigenvalue weighted by molar-refractivity contribution is 7.89. The highest BCUT2D eigenvalue weighted by Gasteiger charge is 2.22. The van der Waals surface area contributed by atoms with Gasteiger partial charge in [0.15, 0.2) is 0 Å². The predicted octanol–water partition coefficient (Wildman–Crippen LogP) is 3.89. The molecule has 0 aliphatic heterocycles. The van der Waals surface area contributed by atoms with Gasteiger partial charge in [0.25, 0.3) is 0 Å². The number of hydrogen-bond donors (Lipinski definition) is 2. The monoisotopic (exact) mass is 419 g/mol. The summed E-state index contributed by atoms with van der Waals surface area (Å²) in [5, 5.41) is 18.2. The van der Waals surface area contributed by atoms with Gasteiger partial charge in [0, 0.05) is 36.9 Å². The van der Waals surface area contributed by atoms with E-state index in [2.05, 4.69) is 21.7 Å². The highest BCUT2D eigenvalue weighted by Crippen LogP contribution is 2.28. The summed E-state index contributed by atoms with van der Waals surface area (Å²) in [5.74, 6) is 0. The average Bonchev–Trinajstić information content (AvgIpc) is 3.10. The zero-order valence-corrected chi connectivity index (χ0v) is 18.1. The fraction of sp³-hybridized carbons (Fsp3) is 0.368. The number of benzene rings is 1. The van der Waals surface area contributed by atoms with Gasteiger partial charge >= 0.3 is 0 Å². The SMILES string of the molecule is CCNc1ccc(S(=O)(=O)N(CC)CC)cc1N/C=C(\C#N)c1nc(C)cs1. The number of nitrogens with zero attached hydrogens (tertiary/aromatic N) is 3. The van der Waals surface area contributed by atoms with Crippen LogP contribution in [0.2, 0.25) is 0 Å². The molecule has 1 aromatic carbocycles. The predicted molar refractivity (Wildman–Crippen MR) is 115 cm³/mol. The van der Waals surface area contributed by atoms with Crippen LogP contribution in [0.3, 0.4) is 0 Å². The molecule has 7 nitrogen and oxygen atoms in total. The quantitative estimate of drug-likeness (QED) is 0.598. The number of aryl methyl sites for hydroxylation is 1. The van der Waals surface area contributed by atoms with Crippen molar-refractivity contribution in [1.29, 1.82) is 5.26 Å². The summed E-state index contributed by atoms with van der Waals surface area (Å²) in [6.07, 6.45) is 1.56. The summed E-state index contributed by atoms with van der Waals surface area (Å²) in [6, 6.07) is 7.05. The lowest BCUT2D eigenvalue weighted by atomic mass is 10.2. The minimum absolute atomic E-state index is 0.206. The first-order valence-electron chi connectivity index (χ1n) is 9.04. The van der Waals surface area contributed by atoms with E-state index in [1.165, 1.54) is 15.6 Å². The van der Waals surface area contributed by atoms with Crippen molar-refractivity contribution in [3.8, 4) is 6.07 Å². The third kappa shape index (κ3) is 4.90. The molecule has 0 aliphatic carbocycles. The maximum Gasteiger partial charge on any atom is 0.243 e. The van der Waals surface area contributed by atoms with E-state index in [4.69, 9.17) is 0 Å². The fourth-order valence-electron chi connectivity index (χ4n) is 2.63. The molecule has 0 aliphatic rings. The van der Waals surface area contributed by atoms with Gasteiger partial charge in [-0.15, -0.1) is 11.3 Å². The van der Waals surface area contributed by atoms with Gasteiger partial charge in [-0.1, -0.05) is 13.8 Å². The van der Waals surface area contributed by atoms with Crippen molar-refractivity contribution in [2.45, 2.75) is 32.6 Å². The van der Waals surface area contributed by atoms with E-state index < -0.39 is 10.0 Å². The van der Waals surface area contributed by atoms with Gasteiger partial charge in [-0.05, 0) is 32.0 Å². The van der Waals surface area contributed by atoms with E-state index >= 15 is 0 Å². The summed E-state index contributed by atoms with van der Waals surface area (Å²) in [5.41, 5.74) is 2.57. The van der Waals surface area contributed by atoms with E-state index in [1.54, 1.807) is 24.4 Å². The number of rotatable bonds is 9. The summed E-state index contributed by atoms with van der Waals surface area (Å²) in [6.45, 7) is 8.93. The Hall–Kier alpha value is -2.41. The van der Waals surface area contributed by atoms with Crippen molar-refractivity contribution in [3.63, 3.8) is 0 Å². The number of nitrogens with one attached hydrogen (secondary N) is 2. The zero-order valence-electron chi connectivity index (χ0n) is 16.5. The lowest BCUT2D eigenvalue weighted by Gasteiger charge is -2.20. The van der Waals surface area contributed by atoms with E-state index in [0.29, 0.717) is 35.9 Å². The average molecular weight is 420 g/mol. The molecule has 28 heavy (non-hydrogen) atoms. The zero-order chi connectivity index (χ0) is 20.7. The Morgan fingerprint density at radius 2 is 2.00 bits per heavy atom. The van der Waals surface area contributed by atoms with Crippen LogP contribution in [0.1, 0.15) is 31.5 Å². The van der Waals surface area contributed by atoms with Crippen molar-refractivity contribution in [3.05, 3.63) is 40.5 Å². The number of allylic oxidation sites excluding steroid dienone is 1. The van der Waals surface area contributed by atoms with Gasteiger partial charge in [0.1, 0.15) is 16.6 Å². The molecule has 0 fully saturated rings. The molecule has 0 bridgehead atoms. The number of nitriles is 1. The third-order valence-electron chi connectivity index (χ3n) is 4.04. The second kappa shape index (κ2) is 9.68. The smallest absolute Gasteiger partial charge is 0.243 e. The van der Waals surface area contributed by atoms with E-state index in [9.17, 15) is 13.7 Å². The Labute approximate surface area is 170 Å². The molecule has 0 unspecified atom stereocenters. The first-order chi connectivity index (χ1) is 13.4. The molecule has 0 radical (unpaired) electrons. The normalized spacial score (nSPS) is 12.1. The minimum Gasteiger partial charge on any atom is -0.384 e. The topological polar surface area (TPSA) is 98.1 Å². The van der Waals surface area contributed by atoms with Gasteiger partial charge in [-0.25, -0.2) is 13.4 Å². The first kappa shape index (κ1) is 21.9. The largest absolute Gasteiger partial charge is 0.384 e. The Balaban J connectivity index is 2.44. The molecule has 2 N–H and O–H groups in total. The van der Waals surface area contributed by atoms with Gasteiger partial charge in [-0.2, -0.15) is 9.57 Å². The highest BCUT2D eigenvalue weighted by atomic mass is 32.2. The number of hydrogen-bond acceptors (Lipinski definition) is 7. The van der Waals surface area contributed by atoms with Crippen LogP contribution in [0, 0.1) is 18.3 Å². The summed E-state index contributed by atoms with van der Waals surface area (Å²) in [7, 11) is -3.58. The Morgan fingerprint density at radius 1 is 1.29 bits per heavy atom. The second-order valence-corrected chi connectivity index (χ2v) is 8.73. The molecule has 2 aromatic rings. The number of sulfonamides is 1. The van der Waals surface area contributed by atoms with Crippen LogP contribution in [0.4, 0.5) is 11.4 Å². The van der Waals surface area contributed by atoms with Crippen LogP contribution in [0.15, 0.2) is 34.7 Å². The van der Waals surface area contributed by atoms with Crippen LogP contribution < -0.4 is 10.6 Å². The first-order valence-corrected chi connectivity index (χ1v) is 11.4. The maximum atomic E-state index is 12.8. The molecule has 2 rings (SSSR count). The molecule has 150 valence electrons. The molecule has 9 heteroatoms. The summed E-state index contributed by atoms with van der Waals surface area (Å²) in [4.78, 5) is 4.53. The molecule has 0 saturated heterocycles. The molecule has 1 aromatic heterocycles. The van der Waals surface area contributed by atoms with Crippen LogP contribution in [-0.2, 0) is 10.0 Å². The van der Waals surface area contributed by atoms with E-state index in [1.807, 2.05) is 33.1 Å². The standard InChI is InChI=1S/C19H25N5O2S2/c1-5-21-17-9-8-16(28(25,26)24(6-2)7-3)10-18(17)22-12-15(11-20)19-23-14(4)13-27-19/h8-10,12-13,21-22H,5-7H2,1-4H3/b15-12+.